The number of nitrogens with zero attached hydrogens (tertiary/aromatic N) is 1. The maximum Gasteiger partial charge on any atom is 0.311 e. The molecule has 0 aromatic heterocycles. The molecule has 1 fully saturated rings. The molecule has 1 atom stereocenters. The van der Waals surface area contributed by atoms with Crippen molar-refractivity contribution in [3.63, 3.8) is 0 Å². The second-order valence-electron chi connectivity index (χ2n) is 6.83. The summed E-state index contributed by atoms with van der Waals surface area (Å²) in [4.78, 5) is 38.3. The Labute approximate surface area is 169 Å². The van der Waals surface area contributed by atoms with Crippen LogP contribution < -0.4 is 15.0 Å². The van der Waals surface area contributed by atoms with E-state index in [2.05, 4.69) is 5.32 Å². The molecule has 29 heavy (non-hydrogen) atoms. The lowest BCUT2D eigenvalue weighted by Gasteiger charge is -2.16. The number of carbonyl (C=O) groups is 3. The van der Waals surface area contributed by atoms with E-state index in [9.17, 15) is 14.4 Å². The summed E-state index contributed by atoms with van der Waals surface area (Å²) in [6, 6.07) is 14.6. The van der Waals surface area contributed by atoms with Crippen LogP contribution in [0, 0.1) is 12.8 Å². The highest BCUT2D eigenvalue weighted by Gasteiger charge is 2.36. The molecule has 0 radical (unpaired) electrons. The van der Waals surface area contributed by atoms with Crippen molar-refractivity contribution >= 4 is 29.2 Å². The van der Waals surface area contributed by atoms with Crippen molar-refractivity contribution < 1.29 is 23.9 Å². The van der Waals surface area contributed by atoms with Gasteiger partial charge in [-0.05, 0) is 38.1 Å². The molecule has 1 aliphatic rings. The van der Waals surface area contributed by atoms with Crippen molar-refractivity contribution in [3.05, 3.63) is 54.1 Å². The highest BCUT2D eigenvalue weighted by Crippen LogP contribution is 2.26. The van der Waals surface area contributed by atoms with Gasteiger partial charge in [-0.3, -0.25) is 14.4 Å². The molecule has 0 unspecified atom stereocenters. The minimum atomic E-state index is -0.590. The summed E-state index contributed by atoms with van der Waals surface area (Å²) in [6.45, 7) is 4.11. The number of benzene rings is 2. The smallest absolute Gasteiger partial charge is 0.311 e. The molecule has 1 saturated heterocycles. The molecular formula is C22H24N2O5. The van der Waals surface area contributed by atoms with Crippen LogP contribution in [0.2, 0.25) is 0 Å². The van der Waals surface area contributed by atoms with Gasteiger partial charge in [-0.15, -0.1) is 0 Å². The van der Waals surface area contributed by atoms with Gasteiger partial charge in [0.25, 0.3) is 5.91 Å². The van der Waals surface area contributed by atoms with Crippen molar-refractivity contribution in [2.45, 2.75) is 20.3 Å². The SMILES string of the molecule is CCOc1ccccc1NC(=O)COC(=O)[C@@H]1CC(=O)N(c2ccc(C)cc2)C1. The highest BCUT2D eigenvalue weighted by atomic mass is 16.5. The summed E-state index contributed by atoms with van der Waals surface area (Å²) >= 11 is 0. The molecule has 7 heteroatoms. The molecule has 0 saturated carbocycles. The summed E-state index contributed by atoms with van der Waals surface area (Å²) in [5, 5.41) is 2.67. The van der Waals surface area contributed by atoms with Crippen LogP contribution in [-0.4, -0.2) is 37.5 Å². The molecule has 7 nitrogen and oxygen atoms in total. The molecule has 1 aliphatic heterocycles. The number of para-hydroxylation sites is 2. The van der Waals surface area contributed by atoms with Gasteiger partial charge in [-0.1, -0.05) is 29.8 Å². The summed E-state index contributed by atoms with van der Waals surface area (Å²) in [7, 11) is 0. The van der Waals surface area contributed by atoms with Crippen LogP contribution in [0.5, 0.6) is 5.75 Å². The van der Waals surface area contributed by atoms with E-state index in [4.69, 9.17) is 9.47 Å². The van der Waals surface area contributed by atoms with Crippen LogP contribution in [0.25, 0.3) is 0 Å². The molecule has 1 heterocycles. The molecule has 0 aliphatic carbocycles. The van der Waals surface area contributed by atoms with Gasteiger partial charge >= 0.3 is 5.97 Å². The normalized spacial score (nSPS) is 15.9. The number of anilines is 2. The Balaban J connectivity index is 1.52. The van der Waals surface area contributed by atoms with Crippen molar-refractivity contribution in [1.29, 1.82) is 0 Å². The Hall–Kier alpha value is -3.35. The zero-order valence-electron chi connectivity index (χ0n) is 16.5. The number of hydrogen-bond acceptors (Lipinski definition) is 5. The maximum atomic E-state index is 12.3. The van der Waals surface area contributed by atoms with E-state index < -0.39 is 24.4 Å². The third kappa shape index (κ3) is 5.13. The Morgan fingerprint density at radius 3 is 2.59 bits per heavy atom. The van der Waals surface area contributed by atoms with Gasteiger partial charge < -0.3 is 19.7 Å². The molecule has 0 bridgehead atoms. The van der Waals surface area contributed by atoms with Gasteiger partial charge in [0.05, 0.1) is 18.2 Å². The van der Waals surface area contributed by atoms with Crippen LogP contribution in [0.15, 0.2) is 48.5 Å². The standard InChI is InChI=1S/C22H24N2O5/c1-3-28-19-7-5-4-6-18(19)23-20(25)14-29-22(27)16-12-21(26)24(13-16)17-10-8-15(2)9-11-17/h4-11,16H,3,12-14H2,1-2H3,(H,23,25)/t16-/m1/s1. The van der Waals surface area contributed by atoms with Gasteiger partial charge in [-0.25, -0.2) is 0 Å². The predicted molar refractivity (Wildman–Crippen MR) is 109 cm³/mol. The van der Waals surface area contributed by atoms with Gasteiger partial charge in [0.1, 0.15) is 5.75 Å². The van der Waals surface area contributed by atoms with Crippen molar-refractivity contribution in [2.75, 3.05) is 30.0 Å². The third-order valence-electron chi connectivity index (χ3n) is 4.61. The number of hydrogen-bond donors (Lipinski definition) is 1. The maximum absolute atomic E-state index is 12.3. The van der Waals surface area contributed by atoms with E-state index in [-0.39, 0.29) is 18.9 Å². The largest absolute Gasteiger partial charge is 0.492 e. The molecule has 1 N–H and O–H groups in total. The predicted octanol–water partition coefficient (Wildman–Crippen LogP) is 2.93. The Kier molecular flexibility index (Phi) is 6.49. The fraction of sp³-hybridized carbons (Fsp3) is 0.318. The van der Waals surface area contributed by atoms with Crippen LogP contribution in [-0.2, 0) is 19.1 Å². The Morgan fingerprint density at radius 2 is 1.86 bits per heavy atom. The lowest BCUT2D eigenvalue weighted by atomic mass is 10.1. The second-order valence-corrected chi connectivity index (χ2v) is 6.83. The van der Waals surface area contributed by atoms with E-state index in [1.54, 1.807) is 29.2 Å². The summed E-state index contributed by atoms with van der Waals surface area (Å²) in [5.41, 5.74) is 2.35. The van der Waals surface area contributed by atoms with Crippen LogP contribution in [0.3, 0.4) is 0 Å². The number of amides is 2. The molecule has 2 aromatic carbocycles. The van der Waals surface area contributed by atoms with Gasteiger partial charge in [0, 0.05) is 18.7 Å². The molecular weight excluding hydrogens is 372 g/mol. The van der Waals surface area contributed by atoms with Crippen molar-refractivity contribution in [1.82, 2.24) is 0 Å². The zero-order valence-corrected chi connectivity index (χ0v) is 16.5. The minimum absolute atomic E-state index is 0.0709. The summed E-state index contributed by atoms with van der Waals surface area (Å²) in [5.74, 6) is -1.20. The number of esters is 1. The van der Waals surface area contributed by atoms with Gasteiger partial charge in [-0.2, -0.15) is 0 Å². The third-order valence-corrected chi connectivity index (χ3v) is 4.61. The number of nitrogens with one attached hydrogen (secondary N) is 1. The summed E-state index contributed by atoms with van der Waals surface area (Å²) < 4.78 is 10.6. The molecule has 0 spiro atoms. The second kappa shape index (κ2) is 9.23. The number of rotatable bonds is 7. The molecule has 152 valence electrons. The van der Waals surface area contributed by atoms with Crippen LogP contribution in [0.1, 0.15) is 18.9 Å². The molecule has 2 amide bonds. The first-order valence-corrected chi connectivity index (χ1v) is 9.53. The van der Waals surface area contributed by atoms with Gasteiger partial charge in [0.15, 0.2) is 6.61 Å². The van der Waals surface area contributed by atoms with Crippen LogP contribution >= 0.6 is 0 Å². The van der Waals surface area contributed by atoms with Gasteiger partial charge in [0.2, 0.25) is 5.91 Å². The lowest BCUT2D eigenvalue weighted by Crippen LogP contribution is -2.28. The topological polar surface area (TPSA) is 84.9 Å². The first-order valence-electron chi connectivity index (χ1n) is 9.53. The number of aryl methyl sites for hydroxylation is 1. The van der Waals surface area contributed by atoms with Crippen molar-refractivity contribution in [2.24, 2.45) is 5.92 Å². The fourth-order valence-corrected chi connectivity index (χ4v) is 3.13. The average Bonchev–Trinajstić information content (AvgIpc) is 3.10. The minimum Gasteiger partial charge on any atom is -0.492 e. The van der Waals surface area contributed by atoms with E-state index >= 15 is 0 Å². The first-order chi connectivity index (χ1) is 14.0. The number of carbonyl (C=O) groups excluding carboxylic acids is 3. The average molecular weight is 396 g/mol. The summed E-state index contributed by atoms with van der Waals surface area (Å²) in [6.07, 6.45) is 0.0709. The van der Waals surface area contributed by atoms with Crippen molar-refractivity contribution in [3.8, 4) is 5.75 Å². The Bertz CT molecular complexity index is 894. The lowest BCUT2D eigenvalue weighted by molar-refractivity contribution is -0.151. The van der Waals surface area contributed by atoms with E-state index in [1.165, 1.54) is 0 Å². The quantitative estimate of drug-likeness (QED) is 0.728. The fourth-order valence-electron chi connectivity index (χ4n) is 3.13. The van der Waals surface area contributed by atoms with E-state index in [0.29, 0.717) is 18.0 Å². The zero-order chi connectivity index (χ0) is 20.8. The first kappa shape index (κ1) is 20.4. The highest BCUT2D eigenvalue weighted by molar-refractivity contribution is 6.00. The van der Waals surface area contributed by atoms with Crippen LogP contribution in [0.4, 0.5) is 11.4 Å². The monoisotopic (exact) mass is 396 g/mol. The van der Waals surface area contributed by atoms with E-state index in [1.807, 2.05) is 38.1 Å². The van der Waals surface area contributed by atoms with E-state index in [0.717, 1.165) is 11.3 Å². The Morgan fingerprint density at radius 1 is 1.14 bits per heavy atom. The molecule has 3 rings (SSSR count). The molecule has 2 aromatic rings. The number of ether oxygens (including phenoxy) is 2.